The van der Waals surface area contributed by atoms with Crippen molar-refractivity contribution in [2.75, 3.05) is 20.1 Å². The van der Waals surface area contributed by atoms with Crippen molar-refractivity contribution < 1.29 is 0 Å². The molecule has 0 radical (unpaired) electrons. The summed E-state index contributed by atoms with van der Waals surface area (Å²) >= 11 is 6.12. The first-order valence-corrected chi connectivity index (χ1v) is 8.79. The van der Waals surface area contributed by atoms with Crippen LogP contribution in [0, 0.1) is 0 Å². The van der Waals surface area contributed by atoms with Crippen LogP contribution in [-0.4, -0.2) is 31.1 Å². The van der Waals surface area contributed by atoms with Gasteiger partial charge in [0.25, 0.3) is 0 Å². The molecular formula is C18H29ClN2. The van der Waals surface area contributed by atoms with Gasteiger partial charge in [0.1, 0.15) is 0 Å². The van der Waals surface area contributed by atoms with Crippen molar-refractivity contribution in [1.29, 1.82) is 0 Å². The van der Waals surface area contributed by atoms with Gasteiger partial charge in [-0.15, -0.1) is 0 Å². The second-order valence-corrected chi connectivity index (χ2v) is 6.60. The van der Waals surface area contributed by atoms with E-state index >= 15 is 0 Å². The van der Waals surface area contributed by atoms with Crippen molar-refractivity contribution in [3.05, 3.63) is 34.9 Å². The molecule has 0 saturated carbocycles. The third kappa shape index (κ3) is 4.98. The first-order valence-electron chi connectivity index (χ1n) is 8.41. The van der Waals surface area contributed by atoms with Gasteiger partial charge < -0.3 is 10.2 Å². The van der Waals surface area contributed by atoms with E-state index in [0.717, 1.165) is 17.5 Å². The van der Waals surface area contributed by atoms with E-state index in [0.29, 0.717) is 6.04 Å². The Bertz CT molecular complexity index is 419. The molecule has 0 spiro atoms. The highest BCUT2D eigenvalue weighted by atomic mass is 35.5. The Morgan fingerprint density at radius 2 is 2.24 bits per heavy atom. The summed E-state index contributed by atoms with van der Waals surface area (Å²) < 4.78 is 0. The lowest BCUT2D eigenvalue weighted by atomic mass is 9.96. The molecule has 1 aromatic carbocycles. The monoisotopic (exact) mass is 308 g/mol. The van der Waals surface area contributed by atoms with E-state index in [1.54, 1.807) is 0 Å². The number of hydrogen-bond donors (Lipinski definition) is 1. The van der Waals surface area contributed by atoms with E-state index in [-0.39, 0.29) is 0 Å². The quantitative estimate of drug-likeness (QED) is 0.789. The molecule has 2 rings (SSSR count). The van der Waals surface area contributed by atoms with Crippen molar-refractivity contribution in [2.45, 2.75) is 57.5 Å². The molecule has 2 unspecified atom stereocenters. The number of nitrogens with one attached hydrogen (secondary N) is 1. The van der Waals surface area contributed by atoms with E-state index in [1.807, 2.05) is 19.2 Å². The molecule has 1 aliphatic rings. The van der Waals surface area contributed by atoms with Crippen molar-refractivity contribution in [2.24, 2.45) is 0 Å². The maximum atomic E-state index is 6.12. The lowest BCUT2D eigenvalue weighted by Gasteiger charge is -2.36. The maximum Gasteiger partial charge on any atom is 0.0409 e. The Kier molecular flexibility index (Phi) is 7.01. The molecule has 3 heteroatoms. The average Bonchev–Trinajstić information content (AvgIpc) is 2.50. The van der Waals surface area contributed by atoms with Gasteiger partial charge in [0.15, 0.2) is 0 Å². The minimum Gasteiger partial charge on any atom is -0.313 e. The molecule has 1 aliphatic heterocycles. The highest BCUT2D eigenvalue weighted by molar-refractivity contribution is 6.30. The van der Waals surface area contributed by atoms with Crippen LogP contribution in [0.2, 0.25) is 5.02 Å². The highest BCUT2D eigenvalue weighted by Crippen LogP contribution is 2.24. The summed E-state index contributed by atoms with van der Waals surface area (Å²) in [4.78, 5) is 2.71. The van der Waals surface area contributed by atoms with E-state index in [2.05, 4.69) is 29.3 Å². The molecule has 21 heavy (non-hydrogen) atoms. The van der Waals surface area contributed by atoms with Crippen molar-refractivity contribution in [3.63, 3.8) is 0 Å². The molecule has 1 saturated heterocycles. The summed E-state index contributed by atoms with van der Waals surface area (Å²) in [6, 6.07) is 9.45. The van der Waals surface area contributed by atoms with Crippen molar-refractivity contribution in [3.8, 4) is 0 Å². The predicted molar refractivity (Wildman–Crippen MR) is 92.0 cm³/mol. The smallest absolute Gasteiger partial charge is 0.0409 e. The fraction of sp³-hybridized carbons (Fsp3) is 0.667. The number of nitrogens with zero attached hydrogens (tertiary/aromatic N) is 1. The second kappa shape index (κ2) is 8.77. The van der Waals surface area contributed by atoms with Gasteiger partial charge in [0.2, 0.25) is 0 Å². The third-order valence-electron chi connectivity index (χ3n) is 4.68. The Labute approximate surface area is 134 Å². The van der Waals surface area contributed by atoms with E-state index in [9.17, 15) is 0 Å². The number of likely N-dealkylation sites (tertiary alicyclic amines) is 1. The molecule has 0 amide bonds. The van der Waals surface area contributed by atoms with Crippen LogP contribution in [0.5, 0.6) is 0 Å². The van der Waals surface area contributed by atoms with Crippen molar-refractivity contribution in [1.82, 2.24) is 10.2 Å². The van der Waals surface area contributed by atoms with Crippen LogP contribution in [0.1, 0.15) is 57.1 Å². The summed E-state index contributed by atoms with van der Waals surface area (Å²) in [7, 11) is 2.05. The van der Waals surface area contributed by atoms with Gasteiger partial charge in [0.05, 0.1) is 0 Å². The Hall–Kier alpha value is -0.570. The zero-order valence-electron chi connectivity index (χ0n) is 13.4. The molecule has 0 aliphatic carbocycles. The summed E-state index contributed by atoms with van der Waals surface area (Å²) in [5, 5.41) is 4.27. The van der Waals surface area contributed by atoms with Crippen LogP contribution < -0.4 is 5.32 Å². The van der Waals surface area contributed by atoms with E-state index < -0.39 is 0 Å². The number of rotatable bonds is 7. The number of benzene rings is 1. The summed E-state index contributed by atoms with van der Waals surface area (Å²) in [5.74, 6) is 0. The average molecular weight is 309 g/mol. The molecule has 1 aromatic rings. The third-order valence-corrected chi connectivity index (χ3v) is 4.91. The first kappa shape index (κ1) is 16.8. The minimum absolute atomic E-state index is 0.396. The van der Waals surface area contributed by atoms with Gasteiger partial charge in [-0.25, -0.2) is 0 Å². The first-order chi connectivity index (χ1) is 10.2. The van der Waals surface area contributed by atoms with E-state index in [1.165, 1.54) is 50.8 Å². The molecule has 1 heterocycles. The van der Waals surface area contributed by atoms with Gasteiger partial charge in [-0.1, -0.05) is 43.5 Å². The Balaban J connectivity index is 1.92. The second-order valence-electron chi connectivity index (χ2n) is 6.16. The number of piperidine rings is 1. The minimum atomic E-state index is 0.396. The lowest BCUT2D eigenvalue weighted by Crippen LogP contribution is -2.41. The standard InChI is InChI=1S/C18H29ClN2/c1-3-7-17-10-4-5-12-21(17)13-11-18(20-2)15-8-6-9-16(19)14-15/h6,8-9,14,17-18,20H,3-5,7,10-13H2,1-2H3. The van der Waals surface area contributed by atoms with Crippen LogP contribution >= 0.6 is 11.6 Å². The molecule has 118 valence electrons. The fourth-order valence-electron chi connectivity index (χ4n) is 3.51. The molecule has 2 atom stereocenters. The fourth-order valence-corrected chi connectivity index (χ4v) is 3.71. The topological polar surface area (TPSA) is 15.3 Å². The summed E-state index contributed by atoms with van der Waals surface area (Å²) in [5.41, 5.74) is 1.30. The van der Waals surface area contributed by atoms with Crippen molar-refractivity contribution >= 4 is 11.6 Å². The van der Waals surface area contributed by atoms with Gasteiger partial charge >= 0.3 is 0 Å². The van der Waals surface area contributed by atoms with Gasteiger partial charge in [-0.2, -0.15) is 0 Å². The molecule has 0 aromatic heterocycles. The number of halogens is 1. The molecule has 0 bridgehead atoms. The van der Waals surface area contributed by atoms with Crippen LogP contribution in [0.15, 0.2) is 24.3 Å². The van der Waals surface area contributed by atoms with Gasteiger partial charge in [-0.05, 0) is 57.0 Å². The van der Waals surface area contributed by atoms with Crippen LogP contribution in [0.3, 0.4) is 0 Å². The zero-order valence-corrected chi connectivity index (χ0v) is 14.2. The van der Waals surface area contributed by atoms with Gasteiger partial charge in [0, 0.05) is 23.7 Å². The molecule has 2 nitrogen and oxygen atoms in total. The van der Waals surface area contributed by atoms with Gasteiger partial charge in [-0.3, -0.25) is 0 Å². The summed E-state index contributed by atoms with van der Waals surface area (Å²) in [6.07, 6.45) is 7.95. The highest BCUT2D eigenvalue weighted by Gasteiger charge is 2.22. The molecule has 1 fully saturated rings. The SMILES string of the molecule is CCCC1CCCCN1CCC(NC)c1cccc(Cl)c1. The van der Waals surface area contributed by atoms with Crippen LogP contribution in [0.25, 0.3) is 0 Å². The maximum absolute atomic E-state index is 6.12. The zero-order chi connectivity index (χ0) is 15.1. The van der Waals surface area contributed by atoms with Crippen LogP contribution in [0.4, 0.5) is 0 Å². The summed E-state index contributed by atoms with van der Waals surface area (Å²) in [6.45, 7) is 4.76. The normalized spacial score (nSPS) is 21.4. The largest absolute Gasteiger partial charge is 0.313 e. The number of hydrogen-bond acceptors (Lipinski definition) is 2. The predicted octanol–water partition coefficient (Wildman–Crippen LogP) is 4.65. The van der Waals surface area contributed by atoms with Crippen LogP contribution in [-0.2, 0) is 0 Å². The Morgan fingerprint density at radius 3 is 2.95 bits per heavy atom. The Morgan fingerprint density at radius 1 is 1.38 bits per heavy atom. The molecule has 1 N–H and O–H groups in total. The van der Waals surface area contributed by atoms with E-state index in [4.69, 9.17) is 11.6 Å². The lowest BCUT2D eigenvalue weighted by molar-refractivity contribution is 0.133. The molecular weight excluding hydrogens is 280 g/mol.